The molecule has 0 unspecified atom stereocenters. The average molecular weight is 412 g/mol. The van der Waals surface area contributed by atoms with E-state index in [9.17, 15) is 4.39 Å². The van der Waals surface area contributed by atoms with Crippen LogP contribution in [0.5, 0.6) is 5.75 Å². The van der Waals surface area contributed by atoms with Gasteiger partial charge in [0.1, 0.15) is 18.2 Å². The quantitative estimate of drug-likeness (QED) is 0.429. The lowest BCUT2D eigenvalue weighted by Crippen LogP contribution is -2.05. The molecule has 1 aliphatic heterocycles. The Bertz CT molecular complexity index is 990. The van der Waals surface area contributed by atoms with Crippen molar-refractivity contribution in [2.45, 2.75) is 41.8 Å². The van der Waals surface area contributed by atoms with Crippen molar-refractivity contribution in [1.29, 1.82) is 0 Å². The summed E-state index contributed by atoms with van der Waals surface area (Å²) in [4.78, 5) is 7.08. The first kappa shape index (κ1) is 19.2. The number of fused-ring (bicyclic) bond motifs is 1. The Morgan fingerprint density at radius 3 is 2.68 bits per heavy atom. The molecule has 0 atom stereocenters. The van der Waals surface area contributed by atoms with Crippen LogP contribution >= 0.6 is 23.1 Å². The van der Waals surface area contributed by atoms with Gasteiger partial charge in [-0.3, -0.25) is 0 Å². The van der Waals surface area contributed by atoms with E-state index in [0.29, 0.717) is 12.5 Å². The number of aromatic nitrogens is 1. The molecule has 4 rings (SSSR count). The third-order valence-corrected chi connectivity index (χ3v) is 7.24. The van der Waals surface area contributed by atoms with Crippen molar-refractivity contribution < 1.29 is 9.13 Å². The highest BCUT2D eigenvalue weighted by Crippen LogP contribution is 2.40. The van der Waals surface area contributed by atoms with Gasteiger partial charge < -0.3 is 4.74 Å². The van der Waals surface area contributed by atoms with Crippen molar-refractivity contribution in [3.05, 3.63) is 76.6 Å². The molecule has 3 aromatic rings. The minimum absolute atomic E-state index is 0.223. The Morgan fingerprint density at radius 1 is 1.14 bits per heavy atom. The van der Waals surface area contributed by atoms with E-state index in [1.165, 1.54) is 17.0 Å². The lowest BCUT2D eigenvalue weighted by atomic mass is 9.95. The molecule has 0 saturated heterocycles. The van der Waals surface area contributed by atoms with E-state index in [4.69, 9.17) is 4.74 Å². The average Bonchev–Trinajstić information content (AvgIpc) is 3.17. The number of halogens is 1. The van der Waals surface area contributed by atoms with Crippen molar-refractivity contribution >= 4 is 28.7 Å². The first-order chi connectivity index (χ1) is 13.7. The van der Waals surface area contributed by atoms with E-state index < -0.39 is 0 Å². The molecule has 0 saturated carbocycles. The molecule has 0 fully saturated rings. The molecule has 5 heteroatoms. The Balaban J connectivity index is 1.56. The highest BCUT2D eigenvalue weighted by Gasteiger charge is 2.17. The largest absolute Gasteiger partial charge is 0.489 e. The summed E-state index contributed by atoms with van der Waals surface area (Å²) in [5.74, 6) is 1.24. The van der Waals surface area contributed by atoms with Gasteiger partial charge in [-0.05, 0) is 66.3 Å². The summed E-state index contributed by atoms with van der Waals surface area (Å²) in [7, 11) is 0. The summed E-state index contributed by atoms with van der Waals surface area (Å²) >= 11 is 3.46. The van der Waals surface area contributed by atoms with Crippen LogP contribution in [0.1, 0.15) is 48.6 Å². The monoisotopic (exact) mass is 411 g/mol. The van der Waals surface area contributed by atoms with E-state index in [1.807, 2.05) is 24.4 Å². The van der Waals surface area contributed by atoms with Crippen molar-refractivity contribution in [2.75, 3.05) is 6.61 Å². The summed E-state index contributed by atoms with van der Waals surface area (Å²) in [6.07, 6.45) is 6.36. The van der Waals surface area contributed by atoms with Gasteiger partial charge in [0, 0.05) is 21.5 Å². The van der Waals surface area contributed by atoms with Gasteiger partial charge in [0.2, 0.25) is 0 Å². The summed E-state index contributed by atoms with van der Waals surface area (Å²) in [6.45, 7) is 4.98. The molecule has 28 heavy (non-hydrogen) atoms. The smallest absolute Gasteiger partial charge is 0.154 e. The molecule has 1 aliphatic rings. The normalized spacial score (nSPS) is 13.2. The van der Waals surface area contributed by atoms with Crippen LogP contribution in [0.15, 0.2) is 64.0 Å². The molecule has 1 aromatic heterocycles. The Kier molecular flexibility index (Phi) is 5.83. The molecule has 0 aliphatic carbocycles. The van der Waals surface area contributed by atoms with E-state index in [0.717, 1.165) is 44.5 Å². The van der Waals surface area contributed by atoms with Gasteiger partial charge in [0.05, 0.1) is 0 Å². The van der Waals surface area contributed by atoms with Crippen molar-refractivity contribution in [2.24, 2.45) is 0 Å². The summed E-state index contributed by atoms with van der Waals surface area (Å²) in [5, 5.41) is 0. The fourth-order valence-corrected chi connectivity index (χ4v) is 5.70. The molecule has 0 radical (unpaired) electrons. The van der Waals surface area contributed by atoms with Crippen LogP contribution in [0.3, 0.4) is 0 Å². The maximum absolute atomic E-state index is 13.3. The second kappa shape index (κ2) is 8.50. The molecular formula is C23H22FNOS2. The number of ether oxygens (including phenoxy) is 1. The Labute approximate surface area is 173 Å². The van der Waals surface area contributed by atoms with E-state index in [2.05, 4.69) is 37.0 Å². The molecule has 2 aromatic carbocycles. The van der Waals surface area contributed by atoms with Gasteiger partial charge in [-0.25, -0.2) is 9.37 Å². The van der Waals surface area contributed by atoms with Crippen LogP contribution in [0.25, 0.3) is 5.57 Å². The number of rotatable bonds is 6. The maximum atomic E-state index is 13.3. The lowest BCUT2D eigenvalue weighted by molar-refractivity contribution is 0.356. The van der Waals surface area contributed by atoms with Crippen molar-refractivity contribution in [3.63, 3.8) is 0 Å². The number of hydrogen-bond donors (Lipinski definition) is 0. The first-order valence-corrected chi connectivity index (χ1v) is 11.2. The van der Waals surface area contributed by atoms with E-state index in [1.54, 1.807) is 23.1 Å². The molecule has 0 N–H and O–H groups in total. The van der Waals surface area contributed by atoms with Gasteiger partial charge >= 0.3 is 0 Å². The van der Waals surface area contributed by atoms with Gasteiger partial charge in [-0.15, -0.1) is 11.3 Å². The second-order valence-corrected chi connectivity index (χ2v) is 9.12. The van der Waals surface area contributed by atoms with Crippen LogP contribution in [0.2, 0.25) is 0 Å². The van der Waals surface area contributed by atoms with Crippen molar-refractivity contribution in [1.82, 2.24) is 4.98 Å². The van der Waals surface area contributed by atoms with E-state index >= 15 is 0 Å². The molecular weight excluding hydrogens is 389 g/mol. The van der Waals surface area contributed by atoms with Gasteiger partial charge in [-0.1, -0.05) is 37.7 Å². The SMILES string of the molecule is CCC(CC)c1cnc(Sc2ccc3c(c2)OCC=C3c2ccc(F)cc2)s1. The molecule has 144 valence electrons. The Hall–Kier alpha value is -2.11. The highest BCUT2D eigenvalue weighted by atomic mass is 32.2. The molecule has 2 nitrogen and oxygen atoms in total. The molecule has 0 amide bonds. The number of hydrogen-bond acceptors (Lipinski definition) is 4. The van der Waals surface area contributed by atoms with Gasteiger partial charge in [0.15, 0.2) is 4.34 Å². The zero-order valence-electron chi connectivity index (χ0n) is 15.9. The zero-order chi connectivity index (χ0) is 19.5. The van der Waals surface area contributed by atoms with Crippen LogP contribution in [0.4, 0.5) is 4.39 Å². The fourth-order valence-electron chi connectivity index (χ4n) is 3.43. The fraction of sp³-hybridized carbons (Fsp3) is 0.261. The van der Waals surface area contributed by atoms with Crippen LogP contribution in [0, 0.1) is 5.82 Å². The minimum atomic E-state index is -0.223. The minimum Gasteiger partial charge on any atom is -0.489 e. The highest BCUT2D eigenvalue weighted by molar-refractivity contribution is 8.01. The van der Waals surface area contributed by atoms with E-state index in [-0.39, 0.29) is 5.82 Å². The lowest BCUT2D eigenvalue weighted by Gasteiger charge is -2.19. The predicted molar refractivity (Wildman–Crippen MR) is 115 cm³/mol. The predicted octanol–water partition coefficient (Wildman–Crippen LogP) is 7.16. The topological polar surface area (TPSA) is 22.1 Å². The zero-order valence-corrected chi connectivity index (χ0v) is 17.6. The summed E-state index contributed by atoms with van der Waals surface area (Å²) in [5.41, 5.74) is 3.13. The van der Waals surface area contributed by atoms with Crippen molar-refractivity contribution in [3.8, 4) is 5.75 Å². The van der Waals surface area contributed by atoms with Gasteiger partial charge in [0.25, 0.3) is 0 Å². The molecule has 0 spiro atoms. The van der Waals surface area contributed by atoms with Gasteiger partial charge in [-0.2, -0.15) is 0 Å². The third kappa shape index (κ3) is 4.01. The van der Waals surface area contributed by atoms with Crippen LogP contribution in [-0.4, -0.2) is 11.6 Å². The number of thiazole rings is 1. The maximum Gasteiger partial charge on any atom is 0.154 e. The Morgan fingerprint density at radius 2 is 1.93 bits per heavy atom. The third-order valence-electron chi connectivity index (χ3n) is 5.02. The van der Waals surface area contributed by atoms with Crippen LogP contribution in [-0.2, 0) is 0 Å². The second-order valence-electron chi connectivity index (χ2n) is 6.74. The summed E-state index contributed by atoms with van der Waals surface area (Å²) < 4.78 is 20.2. The summed E-state index contributed by atoms with van der Waals surface area (Å²) in [6, 6.07) is 12.9. The molecule has 0 bridgehead atoms. The number of nitrogens with zero attached hydrogens (tertiary/aromatic N) is 1. The standard InChI is InChI=1S/C23H22FNOS2/c1-3-15(4-2)22-14-25-23(28-22)27-18-9-10-20-19(11-12-26-21(20)13-18)16-5-7-17(24)8-6-16/h5-11,13-15H,3-4,12H2,1-2H3. The molecule has 2 heterocycles. The first-order valence-electron chi connectivity index (χ1n) is 9.54. The number of benzene rings is 2. The van der Waals surface area contributed by atoms with Crippen LogP contribution < -0.4 is 4.74 Å².